The molecule has 1 aromatic carbocycles. The van der Waals surface area contributed by atoms with Gasteiger partial charge < -0.3 is 10.6 Å². The highest BCUT2D eigenvalue weighted by Crippen LogP contribution is 2.32. The van der Waals surface area contributed by atoms with Crippen LogP contribution in [0, 0.1) is 6.92 Å². The number of hydrogen-bond acceptors (Lipinski definition) is 3. The zero-order valence-corrected chi connectivity index (χ0v) is 11.3. The van der Waals surface area contributed by atoms with Crippen molar-refractivity contribution in [3.8, 4) is 0 Å². The van der Waals surface area contributed by atoms with Gasteiger partial charge in [-0.05, 0) is 30.2 Å². The third kappa shape index (κ3) is 2.33. The lowest BCUT2D eigenvalue weighted by Crippen LogP contribution is -2.14. The highest BCUT2D eigenvalue weighted by atomic mass is 35.5. The minimum absolute atomic E-state index is 0.413. The minimum Gasteiger partial charge on any atom is -0.328 e. The number of halogens is 1. The smallest absolute Gasteiger partial charge is 0.151 e. The molecule has 0 spiro atoms. The van der Waals surface area contributed by atoms with E-state index >= 15 is 0 Å². The zero-order chi connectivity index (χ0) is 13.1. The van der Waals surface area contributed by atoms with Crippen LogP contribution in [0.25, 0.3) is 0 Å². The highest BCUT2D eigenvalue weighted by molar-refractivity contribution is 6.33. The van der Waals surface area contributed by atoms with Gasteiger partial charge >= 0.3 is 0 Å². The second-order valence-corrected chi connectivity index (χ2v) is 4.54. The molecule has 0 aliphatic carbocycles. The van der Waals surface area contributed by atoms with Crippen LogP contribution in [0.4, 0.5) is 11.5 Å². The van der Waals surface area contributed by atoms with Crippen molar-refractivity contribution in [2.24, 2.45) is 5.73 Å². The van der Waals surface area contributed by atoms with Crippen LogP contribution in [0.1, 0.15) is 11.1 Å². The van der Waals surface area contributed by atoms with Crippen molar-refractivity contribution in [1.29, 1.82) is 0 Å². The van der Waals surface area contributed by atoms with Gasteiger partial charge in [-0.15, -0.1) is 0 Å². The average molecular weight is 262 g/mol. The van der Waals surface area contributed by atoms with E-state index in [2.05, 4.69) is 18.0 Å². The Hall–Kier alpha value is -1.58. The molecule has 4 heteroatoms. The van der Waals surface area contributed by atoms with Gasteiger partial charge in [-0.25, -0.2) is 4.98 Å². The van der Waals surface area contributed by atoms with Crippen molar-refractivity contribution in [1.82, 2.24) is 4.98 Å². The summed E-state index contributed by atoms with van der Waals surface area (Å²) in [4.78, 5) is 6.33. The summed E-state index contributed by atoms with van der Waals surface area (Å²) in [5, 5.41) is 0.616. The monoisotopic (exact) mass is 261 g/mol. The number of aryl methyl sites for hydroxylation is 1. The number of aromatic nitrogens is 1. The Bertz CT molecular complexity index is 554. The molecule has 0 atom stereocenters. The first-order valence-corrected chi connectivity index (χ1v) is 6.15. The molecule has 1 aromatic heterocycles. The lowest BCUT2D eigenvalue weighted by atomic mass is 10.2. The quantitative estimate of drug-likeness (QED) is 0.922. The molecule has 0 bridgehead atoms. The summed E-state index contributed by atoms with van der Waals surface area (Å²) in [6, 6.07) is 9.96. The van der Waals surface area contributed by atoms with Crippen molar-refractivity contribution in [2.75, 3.05) is 11.9 Å². The van der Waals surface area contributed by atoms with E-state index in [0.29, 0.717) is 11.6 Å². The molecule has 2 rings (SSSR count). The Morgan fingerprint density at radius 2 is 2.00 bits per heavy atom. The number of nitrogens with zero attached hydrogens (tertiary/aromatic N) is 2. The SMILES string of the molecule is Cc1ccccc1N(C)c1nccc(CN)c1Cl. The fraction of sp³-hybridized carbons (Fsp3) is 0.214. The predicted octanol–water partition coefficient (Wildman–Crippen LogP) is 3.27. The van der Waals surface area contributed by atoms with E-state index in [9.17, 15) is 0 Å². The van der Waals surface area contributed by atoms with Gasteiger partial charge in [-0.3, -0.25) is 0 Å². The maximum absolute atomic E-state index is 6.32. The van der Waals surface area contributed by atoms with Gasteiger partial charge in [0.2, 0.25) is 0 Å². The van der Waals surface area contributed by atoms with Crippen LogP contribution < -0.4 is 10.6 Å². The maximum Gasteiger partial charge on any atom is 0.151 e. The van der Waals surface area contributed by atoms with Crippen LogP contribution in [0.15, 0.2) is 36.5 Å². The van der Waals surface area contributed by atoms with Gasteiger partial charge in [0.05, 0.1) is 5.02 Å². The number of nitrogens with two attached hydrogens (primary N) is 1. The van der Waals surface area contributed by atoms with E-state index in [0.717, 1.165) is 17.1 Å². The largest absolute Gasteiger partial charge is 0.328 e. The van der Waals surface area contributed by atoms with E-state index in [1.54, 1.807) is 6.20 Å². The maximum atomic E-state index is 6.32. The number of pyridine rings is 1. The van der Waals surface area contributed by atoms with Crippen molar-refractivity contribution in [2.45, 2.75) is 13.5 Å². The molecule has 0 saturated carbocycles. The molecule has 94 valence electrons. The van der Waals surface area contributed by atoms with Crippen LogP contribution in [-0.2, 0) is 6.54 Å². The van der Waals surface area contributed by atoms with Crippen LogP contribution in [0.2, 0.25) is 5.02 Å². The molecule has 3 nitrogen and oxygen atoms in total. The standard InChI is InChI=1S/C14H16ClN3/c1-10-5-3-4-6-12(10)18(2)14-13(15)11(9-16)7-8-17-14/h3-8H,9,16H2,1-2H3. The number of anilines is 2. The molecule has 0 amide bonds. The molecule has 0 fully saturated rings. The molecular formula is C14H16ClN3. The van der Waals surface area contributed by atoms with Crippen molar-refractivity contribution < 1.29 is 0 Å². The van der Waals surface area contributed by atoms with Crippen molar-refractivity contribution >= 4 is 23.1 Å². The van der Waals surface area contributed by atoms with Gasteiger partial charge in [-0.2, -0.15) is 0 Å². The van der Waals surface area contributed by atoms with Gasteiger partial charge in [0.15, 0.2) is 5.82 Å². The van der Waals surface area contributed by atoms with Crippen LogP contribution in [0.3, 0.4) is 0 Å². The number of benzene rings is 1. The number of para-hydroxylation sites is 1. The van der Waals surface area contributed by atoms with Crippen molar-refractivity contribution in [3.63, 3.8) is 0 Å². The Morgan fingerprint density at radius 1 is 1.28 bits per heavy atom. The van der Waals surface area contributed by atoms with Gasteiger partial charge in [0.1, 0.15) is 0 Å². The summed E-state index contributed by atoms with van der Waals surface area (Å²) in [6.45, 7) is 2.47. The molecule has 1 heterocycles. The molecular weight excluding hydrogens is 246 g/mol. The molecule has 0 aliphatic heterocycles. The van der Waals surface area contributed by atoms with E-state index < -0.39 is 0 Å². The highest BCUT2D eigenvalue weighted by Gasteiger charge is 2.13. The second kappa shape index (κ2) is 5.38. The average Bonchev–Trinajstić information content (AvgIpc) is 2.39. The normalized spacial score (nSPS) is 10.4. The molecule has 2 N–H and O–H groups in total. The molecule has 0 aliphatic rings. The van der Waals surface area contributed by atoms with Crippen molar-refractivity contribution in [3.05, 3.63) is 52.7 Å². The Morgan fingerprint density at radius 3 is 2.67 bits per heavy atom. The molecule has 2 aromatic rings. The second-order valence-electron chi connectivity index (χ2n) is 4.16. The fourth-order valence-electron chi connectivity index (χ4n) is 1.92. The number of hydrogen-bond donors (Lipinski definition) is 1. The first-order valence-electron chi connectivity index (χ1n) is 5.78. The third-order valence-electron chi connectivity index (χ3n) is 2.97. The van der Waals surface area contributed by atoms with Crippen LogP contribution >= 0.6 is 11.6 Å². The Kier molecular flexibility index (Phi) is 3.84. The topological polar surface area (TPSA) is 42.2 Å². The zero-order valence-electron chi connectivity index (χ0n) is 10.5. The van der Waals surface area contributed by atoms with Crippen LogP contribution in [0.5, 0.6) is 0 Å². The summed E-state index contributed by atoms with van der Waals surface area (Å²) < 4.78 is 0. The number of rotatable bonds is 3. The fourth-order valence-corrected chi connectivity index (χ4v) is 2.23. The van der Waals surface area contributed by atoms with Crippen LogP contribution in [-0.4, -0.2) is 12.0 Å². The summed E-state index contributed by atoms with van der Waals surface area (Å²) in [5.74, 6) is 0.730. The molecule has 0 unspecified atom stereocenters. The summed E-state index contributed by atoms with van der Waals surface area (Å²) in [6.07, 6.45) is 1.73. The summed E-state index contributed by atoms with van der Waals surface area (Å²) >= 11 is 6.32. The van der Waals surface area contributed by atoms with E-state index in [1.807, 2.05) is 36.2 Å². The van der Waals surface area contributed by atoms with E-state index in [1.165, 1.54) is 5.56 Å². The lowest BCUT2D eigenvalue weighted by molar-refractivity contribution is 1.04. The minimum atomic E-state index is 0.413. The molecule has 0 saturated heterocycles. The molecule has 18 heavy (non-hydrogen) atoms. The molecule has 0 radical (unpaired) electrons. The summed E-state index contributed by atoms with van der Waals surface area (Å²) in [5.41, 5.74) is 8.82. The third-order valence-corrected chi connectivity index (χ3v) is 3.38. The van der Waals surface area contributed by atoms with E-state index in [-0.39, 0.29) is 0 Å². The van der Waals surface area contributed by atoms with Gasteiger partial charge in [0.25, 0.3) is 0 Å². The van der Waals surface area contributed by atoms with Gasteiger partial charge in [-0.1, -0.05) is 29.8 Å². The first kappa shape index (κ1) is 12.9. The van der Waals surface area contributed by atoms with Gasteiger partial charge in [0, 0.05) is 25.5 Å². The Labute approximate surface area is 112 Å². The lowest BCUT2D eigenvalue weighted by Gasteiger charge is -2.22. The van der Waals surface area contributed by atoms with E-state index in [4.69, 9.17) is 17.3 Å². The first-order chi connectivity index (χ1) is 8.65. The predicted molar refractivity (Wildman–Crippen MR) is 76.4 cm³/mol. The summed E-state index contributed by atoms with van der Waals surface area (Å²) in [7, 11) is 1.96. The Balaban J connectivity index is 2.47.